The van der Waals surface area contributed by atoms with E-state index in [-0.39, 0.29) is 11.8 Å². The standard InChI is InChI=1S/C21H21BrClN5O2S/c1-3-12(2)17(25-20(30)24-16-7-5-4-6-15(16)22)18(29)26-21-28-27-19(31-21)13-8-10-14(23)11-9-13/h4-12,17H,3H2,1-2H3,(H2,24,25,30)(H,26,28,29)/t12-,17-/m1/s1. The zero-order chi connectivity index (χ0) is 22.4. The van der Waals surface area contributed by atoms with E-state index in [2.05, 4.69) is 42.1 Å². The molecular formula is C21H21BrClN5O2S. The summed E-state index contributed by atoms with van der Waals surface area (Å²) in [5, 5.41) is 18.1. The van der Waals surface area contributed by atoms with Gasteiger partial charge in [-0.05, 0) is 46.1 Å². The summed E-state index contributed by atoms with van der Waals surface area (Å²) < 4.78 is 0.748. The highest BCUT2D eigenvalue weighted by atomic mass is 79.9. The Balaban J connectivity index is 1.68. The van der Waals surface area contributed by atoms with Crippen LogP contribution in [-0.2, 0) is 4.79 Å². The van der Waals surface area contributed by atoms with Gasteiger partial charge < -0.3 is 10.6 Å². The summed E-state index contributed by atoms with van der Waals surface area (Å²) >= 11 is 10.6. The quantitative estimate of drug-likeness (QED) is 0.366. The van der Waals surface area contributed by atoms with Crippen molar-refractivity contribution in [2.24, 2.45) is 5.92 Å². The van der Waals surface area contributed by atoms with Crippen molar-refractivity contribution in [1.82, 2.24) is 15.5 Å². The van der Waals surface area contributed by atoms with Gasteiger partial charge in [0.05, 0.1) is 5.69 Å². The van der Waals surface area contributed by atoms with E-state index in [0.29, 0.717) is 27.3 Å². The molecule has 0 saturated carbocycles. The summed E-state index contributed by atoms with van der Waals surface area (Å²) in [7, 11) is 0. The number of para-hydroxylation sites is 1. The molecule has 0 aliphatic rings. The van der Waals surface area contributed by atoms with Crippen LogP contribution >= 0.6 is 38.9 Å². The fourth-order valence-corrected chi connectivity index (χ4v) is 3.99. The molecule has 0 bridgehead atoms. The van der Waals surface area contributed by atoms with Crippen molar-refractivity contribution in [2.75, 3.05) is 10.6 Å². The fraction of sp³-hybridized carbons (Fsp3) is 0.238. The molecule has 1 aromatic heterocycles. The van der Waals surface area contributed by atoms with E-state index in [9.17, 15) is 9.59 Å². The number of rotatable bonds is 7. The zero-order valence-corrected chi connectivity index (χ0v) is 20.0. The number of halogens is 2. The lowest BCUT2D eigenvalue weighted by molar-refractivity contribution is -0.119. The third-order valence-electron chi connectivity index (χ3n) is 4.65. The molecule has 3 amide bonds. The number of anilines is 2. The summed E-state index contributed by atoms with van der Waals surface area (Å²) in [6.45, 7) is 3.87. The average Bonchev–Trinajstić information content (AvgIpc) is 3.22. The van der Waals surface area contributed by atoms with Gasteiger partial charge in [0.2, 0.25) is 11.0 Å². The minimum atomic E-state index is -0.740. The van der Waals surface area contributed by atoms with E-state index in [4.69, 9.17) is 11.6 Å². The molecule has 0 aliphatic heterocycles. The van der Waals surface area contributed by atoms with E-state index in [1.165, 1.54) is 11.3 Å². The summed E-state index contributed by atoms with van der Waals surface area (Å²) in [5.74, 6) is -0.441. The Morgan fingerprint density at radius 1 is 1.10 bits per heavy atom. The smallest absolute Gasteiger partial charge is 0.319 e. The first kappa shape index (κ1) is 23.2. The van der Waals surface area contributed by atoms with E-state index in [1.807, 2.05) is 44.2 Å². The third kappa shape index (κ3) is 6.25. The fourth-order valence-electron chi connectivity index (χ4n) is 2.73. The van der Waals surface area contributed by atoms with Crippen LogP contribution in [0.3, 0.4) is 0 Å². The van der Waals surface area contributed by atoms with Crippen molar-refractivity contribution < 1.29 is 9.59 Å². The minimum absolute atomic E-state index is 0.0892. The molecule has 0 radical (unpaired) electrons. The third-order valence-corrected chi connectivity index (χ3v) is 6.48. The largest absolute Gasteiger partial charge is 0.326 e. The second-order valence-corrected chi connectivity index (χ2v) is 9.12. The molecule has 3 N–H and O–H groups in total. The van der Waals surface area contributed by atoms with Crippen molar-refractivity contribution >= 4 is 61.6 Å². The first-order valence-electron chi connectivity index (χ1n) is 9.59. The predicted molar refractivity (Wildman–Crippen MR) is 129 cm³/mol. The molecule has 2 aromatic carbocycles. The van der Waals surface area contributed by atoms with Gasteiger partial charge in [-0.2, -0.15) is 0 Å². The second kappa shape index (κ2) is 10.7. The molecule has 3 aromatic rings. The van der Waals surface area contributed by atoms with Gasteiger partial charge in [-0.25, -0.2) is 4.79 Å². The molecule has 3 rings (SSSR count). The number of urea groups is 1. The molecule has 7 nitrogen and oxygen atoms in total. The monoisotopic (exact) mass is 521 g/mol. The summed E-state index contributed by atoms with van der Waals surface area (Å²) in [6.07, 6.45) is 0.708. The highest BCUT2D eigenvalue weighted by molar-refractivity contribution is 9.10. The number of hydrogen-bond donors (Lipinski definition) is 3. The predicted octanol–water partition coefficient (Wildman–Crippen LogP) is 5.80. The van der Waals surface area contributed by atoms with Gasteiger partial charge in [0.1, 0.15) is 11.0 Å². The molecule has 10 heteroatoms. The maximum absolute atomic E-state index is 12.9. The van der Waals surface area contributed by atoms with Gasteiger partial charge in [-0.3, -0.25) is 10.1 Å². The minimum Gasteiger partial charge on any atom is -0.326 e. The molecule has 162 valence electrons. The maximum atomic E-state index is 12.9. The second-order valence-electron chi connectivity index (χ2n) is 6.85. The number of hydrogen-bond acceptors (Lipinski definition) is 5. The normalized spacial score (nSPS) is 12.6. The Kier molecular flexibility index (Phi) is 8.00. The van der Waals surface area contributed by atoms with Gasteiger partial charge in [0, 0.05) is 15.1 Å². The maximum Gasteiger partial charge on any atom is 0.319 e. The number of carbonyl (C=O) groups is 2. The number of nitrogens with zero attached hydrogens (tertiary/aromatic N) is 2. The van der Waals surface area contributed by atoms with Crippen LogP contribution < -0.4 is 16.0 Å². The summed E-state index contributed by atoms with van der Waals surface area (Å²) in [4.78, 5) is 25.4. The highest BCUT2D eigenvalue weighted by Gasteiger charge is 2.27. The molecule has 0 aliphatic carbocycles. The lowest BCUT2D eigenvalue weighted by Gasteiger charge is -2.23. The summed E-state index contributed by atoms with van der Waals surface area (Å²) in [6, 6.07) is 13.3. The Morgan fingerprint density at radius 2 is 1.81 bits per heavy atom. The van der Waals surface area contributed by atoms with Crippen LogP contribution in [-0.4, -0.2) is 28.2 Å². The van der Waals surface area contributed by atoms with Crippen molar-refractivity contribution in [3.63, 3.8) is 0 Å². The Labute approximate surface area is 197 Å². The zero-order valence-electron chi connectivity index (χ0n) is 16.9. The van der Waals surface area contributed by atoms with Gasteiger partial charge in [0.25, 0.3) is 0 Å². The van der Waals surface area contributed by atoms with Gasteiger partial charge in [-0.15, -0.1) is 10.2 Å². The van der Waals surface area contributed by atoms with Crippen LogP contribution in [0, 0.1) is 5.92 Å². The van der Waals surface area contributed by atoms with Gasteiger partial charge in [0.15, 0.2) is 0 Å². The van der Waals surface area contributed by atoms with E-state index >= 15 is 0 Å². The van der Waals surface area contributed by atoms with Gasteiger partial charge >= 0.3 is 6.03 Å². The molecule has 0 spiro atoms. The van der Waals surface area contributed by atoms with Crippen molar-refractivity contribution in [3.8, 4) is 10.6 Å². The van der Waals surface area contributed by atoms with Crippen LogP contribution in [0.4, 0.5) is 15.6 Å². The average molecular weight is 523 g/mol. The molecule has 31 heavy (non-hydrogen) atoms. The number of carbonyl (C=O) groups excluding carboxylic acids is 2. The van der Waals surface area contributed by atoms with Crippen LogP contribution in [0.15, 0.2) is 53.0 Å². The Hall–Kier alpha value is -2.49. The SMILES string of the molecule is CC[C@@H](C)[C@@H](NC(=O)Nc1ccccc1Br)C(=O)Nc1nnc(-c2ccc(Cl)cc2)s1. The van der Waals surface area contributed by atoms with Crippen molar-refractivity contribution in [2.45, 2.75) is 26.3 Å². The van der Waals surface area contributed by atoms with Gasteiger partial charge in [-0.1, -0.05) is 67.5 Å². The van der Waals surface area contributed by atoms with Crippen LogP contribution in [0.5, 0.6) is 0 Å². The molecule has 2 atom stereocenters. The van der Waals surface area contributed by atoms with Crippen LogP contribution in [0.25, 0.3) is 10.6 Å². The van der Waals surface area contributed by atoms with Crippen LogP contribution in [0.2, 0.25) is 5.02 Å². The van der Waals surface area contributed by atoms with Crippen molar-refractivity contribution in [3.05, 3.63) is 58.0 Å². The number of aromatic nitrogens is 2. The lowest BCUT2D eigenvalue weighted by Crippen LogP contribution is -2.49. The topological polar surface area (TPSA) is 96.0 Å². The number of nitrogens with one attached hydrogen (secondary N) is 3. The molecule has 0 fully saturated rings. The van der Waals surface area contributed by atoms with E-state index < -0.39 is 12.1 Å². The molecule has 0 saturated heterocycles. The molecule has 1 heterocycles. The number of amides is 3. The number of benzene rings is 2. The first-order chi connectivity index (χ1) is 14.9. The summed E-state index contributed by atoms with van der Waals surface area (Å²) in [5.41, 5.74) is 1.46. The molecular weight excluding hydrogens is 502 g/mol. The molecule has 0 unspecified atom stereocenters. The Bertz CT molecular complexity index is 1060. The van der Waals surface area contributed by atoms with E-state index in [1.54, 1.807) is 18.2 Å². The first-order valence-corrected chi connectivity index (χ1v) is 11.6. The van der Waals surface area contributed by atoms with E-state index in [0.717, 1.165) is 10.0 Å². The lowest BCUT2D eigenvalue weighted by atomic mass is 9.98. The van der Waals surface area contributed by atoms with Crippen LogP contribution in [0.1, 0.15) is 20.3 Å². The van der Waals surface area contributed by atoms with Crippen molar-refractivity contribution in [1.29, 1.82) is 0 Å². The highest BCUT2D eigenvalue weighted by Crippen LogP contribution is 2.27. The Morgan fingerprint density at radius 3 is 2.48 bits per heavy atom.